The fourth-order valence-corrected chi connectivity index (χ4v) is 0.988. The summed E-state index contributed by atoms with van der Waals surface area (Å²) in [5.74, 6) is 0.185. The Bertz CT molecular complexity index is 125. The van der Waals surface area contributed by atoms with Crippen LogP contribution in [0.4, 0.5) is 0 Å². The third-order valence-electron chi connectivity index (χ3n) is 1.77. The topological polar surface area (TPSA) is 26.3 Å². The van der Waals surface area contributed by atoms with Gasteiger partial charge < -0.3 is 4.74 Å². The molecule has 0 unspecified atom stereocenters. The normalized spacial score (nSPS) is 21.6. The zero-order valence-corrected chi connectivity index (χ0v) is 5.94. The molecule has 0 radical (unpaired) electrons. The molecule has 0 amide bonds. The average molecular weight is 128 g/mol. The fourth-order valence-electron chi connectivity index (χ4n) is 0.988. The molecule has 0 spiro atoms. The number of carbonyl (C=O) groups is 1. The summed E-state index contributed by atoms with van der Waals surface area (Å²) in [6.45, 7) is 4.17. The van der Waals surface area contributed by atoms with Crippen LogP contribution in [0.5, 0.6) is 0 Å². The standard InChI is InChI=1S/C7H12O2/c1-3-9-7(4-5-7)6(2)8/h3-5H2,1-2H3. The molecule has 0 aromatic rings. The largest absolute Gasteiger partial charge is 0.368 e. The number of hydrogen-bond donors (Lipinski definition) is 0. The Morgan fingerprint density at radius 1 is 1.67 bits per heavy atom. The van der Waals surface area contributed by atoms with Gasteiger partial charge in [-0.05, 0) is 26.7 Å². The molecule has 1 rings (SSSR count). The van der Waals surface area contributed by atoms with Crippen molar-refractivity contribution in [1.29, 1.82) is 0 Å². The number of Topliss-reactive ketones (excluding diaryl/α,β-unsaturated/α-hetero) is 1. The molecule has 2 nitrogen and oxygen atoms in total. The van der Waals surface area contributed by atoms with Gasteiger partial charge in [0.15, 0.2) is 5.78 Å². The minimum absolute atomic E-state index is 0.185. The minimum Gasteiger partial charge on any atom is -0.368 e. The minimum atomic E-state index is -0.339. The van der Waals surface area contributed by atoms with E-state index in [2.05, 4.69) is 0 Å². The molecule has 1 aliphatic carbocycles. The highest BCUT2D eigenvalue weighted by molar-refractivity contribution is 5.87. The van der Waals surface area contributed by atoms with Gasteiger partial charge in [-0.1, -0.05) is 0 Å². The number of ketones is 1. The van der Waals surface area contributed by atoms with Crippen molar-refractivity contribution < 1.29 is 9.53 Å². The lowest BCUT2D eigenvalue weighted by Gasteiger charge is -2.09. The predicted molar refractivity (Wildman–Crippen MR) is 34.3 cm³/mol. The highest BCUT2D eigenvalue weighted by Gasteiger charge is 2.48. The fraction of sp³-hybridized carbons (Fsp3) is 0.857. The van der Waals surface area contributed by atoms with Crippen LogP contribution in [0.2, 0.25) is 0 Å². The lowest BCUT2D eigenvalue weighted by atomic mass is 10.2. The van der Waals surface area contributed by atoms with Gasteiger partial charge >= 0.3 is 0 Å². The maximum Gasteiger partial charge on any atom is 0.161 e. The van der Waals surface area contributed by atoms with Crippen LogP contribution in [-0.2, 0) is 9.53 Å². The van der Waals surface area contributed by atoms with E-state index in [0.717, 1.165) is 12.8 Å². The molecule has 0 aliphatic heterocycles. The molecule has 0 aromatic carbocycles. The van der Waals surface area contributed by atoms with Gasteiger partial charge in [0, 0.05) is 6.61 Å². The van der Waals surface area contributed by atoms with Gasteiger partial charge in [0.1, 0.15) is 5.60 Å². The number of carbonyl (C=O) groups excluding carboxylic acids is 1. The average Bonchev–Trinajstić information content (AvgIpc) is 2.49. The summed E-state index contributed by atoms with van der Waals surface area (Å²) in [5.41, 5.74) is -0.339. The third kappa shape index (κ3) is 1.13. The second kappa shape index (κ2) is 2.10. The summed E-state index contributed by atoms with van der Waals surface area (Å²) in [7, 11) is 0. The molecular formula is C7H12O2. The Balaban J connectivity index is 2.43. The van der Waals surface area contributed by atoms with Crippen molar-refractivity contribution in [2.24, 2.45) is 0 Å². The van der Waals surface area contributed by atoms with Gasteiger partial charge in [0.05, 0.1) is 0 Å². The maximum atomic E-state index is 10.8. The van der Waals surface area contributed by atoms with Crippen LogP contribution in [-0.4, -0.2) is 18.0 Å². The van der Waals surface area contributed by atoms with Crippen molar-refractivity contribution in [1.82, 2.24) is 0 Å². The van der Waals surface area contributed by atoms with E-state index in [-0.39, 0.29) is 11.4 Å². The predicted octanol–water partition coefficient (Wildman–Crippen LogP) is 1.14. The second-order valence-electron chi connectivity index (χ2n) is 2.48. The Morgan fingerprint density at radius 3 is 2.33 bits per heavy atom. The van der Waals surface area contributed by atoms with Crippen LogP contribution in [0.1, 0.15) is 26.7 Å². The highest BCUT2D eigenvalue weighted by atomic mass is 16.5. The summed E-state index contributed by atoms with van der Waals surface area (Å²) in [6.07, 6.45) is 1.85. The van der Waals surface area contributed by atoms with Gasteiger partial charge in [0.25, 0.3) is 0 Å². The zero-order valence-electron chi connectivity index (χ0n) is 5.94. The first-order valence-corrected chi connectivity index (χ1v) is 3.36. The van der Waals surface area contributed by atoms with Crippen LogP contribution >= 0.6 is 0 Å². The molecular weight excluding hydrogens is 116 g/mol. The Labute approximate surface area is 55.2 Å². The van der Waals surface area contributed by atoms with E-state index < -0.39 is 0 Å². The molecule has 9 heavy (non-hydrogen) atoms. The lowest BCUT2D eigenvalue weighted by Crippen LogP contribution is -2.23. The Morgan fingerprint density at radius 2 is 2.22 bits per heavy atom. The van der Waals surface area contributed by atoms with Crippen LogP contribution < -0.4 is 0 Å². The molecule has 0 atom stereocenters. The Kier molecular flexibility index (Phi) is 1.58. The van der Waals surface area contributed by atoms with Gasteiger partial charge in [0.2, 0.25) is 0 Å². The molecule has 0 heterocycles. The van der Waals surface area contributed by atoms with Crippen molar-refractivity contribution in [3.05, 3.63) is 0 Å². The van der Waals surface area contributed by atoms with Gasteiger partial charge in [-0.25, -0.2) is 0 Å². The number of hydrogen-bond acceptors (Lipinski definition) is 2. The van der Waals surface area contributed by atoms with E-state index >= 15 is 0 Å². The first kappa shape index (κ1) is 6.75. The first-order chi connectivity index (χ1) is 4.21. The van der Waals surface area contributed by atoms with Crippen molar-refractivity contribution in [2.45, 2.75) is 32.3 Å². The SMILES string of the molecule is CCOC1(C(C)=O)CC1. The van der Waals surface area contributed by atoms with E-state index in [4.69, 9.17) is 4.74 Å². The van der Waals surface area contributed by atoms with Crippen LogP contribution in [0.3, 0.4) is 0 Å². The number of rotatable bonds is 3. The van der Waals surface area contributed by atoms with Gasteiger partial charge in [-0.2, -0.15) is 0 Å². The molecule has 1 fully saturated rings. The van der Waals surface area contributed by atoms with Crippen LogP contribution in [0.15, 0.2) is 0 Å². The molecule has 1 saturated carbocycles. The lowest BCUT2D eigenvalue weighted by molar-refractivity contribution is -0.130. The molecule has 0 N–H and O–H groups in total. The van der Waals surface area contributed by atoms with Crippen molar-refractivity contribution in [2.75, 3.05) is 6.61 Å². The van der Waals surface area contributed by atoms with Gasteiger partial charge in [-0.15, -0.1) is 0 Å². The molecule has 52 valence electrons. The molecule has 0 saturated heterocycles. The Hall–Kier alpha value is -0.370. The van der Waals surface area contributed by atoms with Crippen molar-refractivity contribution in [3.8, 4) is 0 Å². The van der Waals surface area contributed by atoms with E-state index in [1.165, 1.54) is 0 Å². The van der Waals surface area contributed by atoms with Crippen molar-refractivity contribution >= 4 is 5.78 Å². The van der Waals surface area contributed by atoms with Gasteiger partial charge in [-0.3, -0.25) is 4.79 Å². The quantitative estimate of drug-likeness (QED) is 0.569. The van der Waals surface area contributed by atoms with Crippen molar-refractivity contribution in [3.63, 3.8) is 0 Å². The van der Waals surface area contributed by atoms with E-state index in [9.17, 15) is 4.79 Å². The summed E-state index contributed by atoms with van der Waals surface area (Å²) in [4.78, 5) is 10.8. The summed E-state index contributed by atoms with van der Waals surface area (Å²) < 4.78 is 5.25. The second-order valence-corrected chi connectivity index (χ2v) is 2.48. The maximum absolute atomic E-state index is 10.8. The molecule has 0 aromatic heterocycles. The van der Waals surface area contributed by atoms with Crippen LogP contribution in [0.25, 0.3) is 0 Å². The smallest absolute Gasteiger partial charge is 0.161 e. The zero-order chi connectivity index (χ0) is 6.91. The summed E-state index contributed by atoms with van der Waals surface area (Å²) in [5, 5.41) is 0. The third-order valence-corrected chi connectivity index (χ3v) is 1.77. The highest BCUT2D eigenvalue weighted by Crippen LogP contribution is 2.39. The molecule has 2 heteroatoms. The van der Waals surface area contributed by atoms with Crippen LogP contribution in [0, 0.1) is 0 Å². The summed E-state index contributed by atoms with van der Waals surface area (Å²) >= 11 is 0. The number of ether oxygens (including phenoxy) is 1. The molecule has 1 aliphatic rings. The van der Waals surface area contributed by atoms with E-state index in [1.54, 1.807) is 6.92 Å². The summed E-state index contributed by atoms with van der Waals surface area (Å²) in [6, 6.07) is 0. The van der Waals surface area contributed by atoms with E-state index in [0.29, 0.717) is 6.61 Å². The van der Waals surface area contributed by atoms with E-state index in [1.807, 2.05) is 6.92 Å². The monoisotopic (exact) mass is 128 g/mol. The molecule has 0 bridgehead atoms. The first-order valence-electron chi connectivity index (χ1n) is 3.36.